The van der Waals surface area contributed by atoms with Crippen molar-refractivity contribution in [3.63, 3.8) is 0 Å². The number of carbonyl (C=O) groups is 3. The number of nitrogens with one attached hydrogen (secondary N) is 2. The zero-order valence-corrected chi connectivity index (χ0v) is 12.4. The average Bonchev–Trinajstić information content (AvgIpc) is 2.63. The van der Waals surface area contributed by atoms with Crippen molar-refractivity contribution in [3.8, 4) is 5.75 Å². The van der Waals surface area contributed by atoms with Gasteiger partial charge >= 0.3 is 12.6 Å². The standard InChI is InChI=1S/C14H15F2N3O4/c1-14(2)11(21)18-13(22)19(14)7-10(20)17-8-5-3-4-6-9(8)23-12(15)16/h3-6,12H,7H2,1-2H3,(H,17,20)(H,18,21,22). The van der Waals surface area contributed by atoms with Crippen molar-refractivity contribution < 1.29 is 27.9 Å². The van der Waals surface area contributed by atoms with Crippen LogP contribution >= 0.6 is 0 Å². The minimum Gasteiger partial charge on any atom is -0.433 e. The van der Waals surface area contributed by atoms with E-state index < -0.39 is 36.5 Å². The van der Waals surface area contributed by atoms with Gasteiger partial charge in [-0.05, 0) is 26.0 Å². The summed E-state index contributed by atoms with van der Waals surface area (Å²) in [5, 5.41) is 4.49. The van der Waals surface area contributed by atoms with Gasteiger partial charge < -0.3 is 15.0 Å². The summed E-state index contributed by atoms with van der Waals surface area (Å²) in [6, 6.07) is 4.98. The highest BCUT2D eigenvalue weighted by Gasteiger charge is 2.46. The molecule has 0 saturated carbocycles. The van der Waals surface area contributed by atoms with E-state index in [2.05, 4.69) is 15.4 Å². The molecule has 1 saturated heterocycles. The lowest BCUT2D eigenvalue weighted by atomic mass is 10.0. The van der Waals surface area contributed by atoms with E-state index in [9.17, 15) is 23.2 Å². The van der Waals surface area contributed by atoms with E-state index in [1.54, 1.807) is 0 Å². The lowest BCUT2D eigenvalue weighted by Gasteiger charge is -2.27. The van der Waals surface area contributed by atoms with Gasteiger partial charge in [-0.25, -0.2) is 4.79 Å². The third kappa shape index (κ3) is 3.55. The number of halogens is 2. The van der Waals surface area contributed by atoms with Crippen LogP contribution in [0.15, 0.2) is 24.3 Å². The summed E-state index contributed by atoms with van der Waals surface area (Å²) in [6.07, 6.45) is 0. The molecular formula is C14H15F2N3O4. The number of alkyl halides is 2. The van der Waals surface area contributed by atoms with E-state index in [1.165, 1.54) is 38.1 Å². The second-order valence-electron chi connectivity index (χ2n) is 5.33. The Hall–Kier alpha value is -2.71. The Bertz CT molecular complexity index is 649. The molecule has 4 amide bonds. The third-order valence-corrected chi connectivity index (χ3v) is 3.38. The zero-order valence-electron chi connectivity index (χ0n) is 12.4. The highest BCUT2D eigenvalue weighted by molar-refractivity contribution is 6.08. The number of amides is 4. The Kier molecular flexibility index (Phi) is 4.48. The molecule has 1 fully saturated rings. The number of imide groups is 1. The van der Waals surface area contributed by atoms with E-state index in [4.69, 9.17) is 0 Å². The van der Waals surface area contributed by atoms with Gasteiger partial charge in [0, 0.05) is 0 Å². The maximum atomic E-state index is 12.3. The van der Waals surface area contributed by atoms with Crippen LogP contribution in [0.25, 0.3) is 0 Å². The molecule has 0 spiro atoms. The van der Waals surface area contributed by atoms with Crippen molar-refractivity contribution in [2.24, 2.45) is 0 Å². The maximum absolute atomic E-state index is 12.3. The number of nitrogens with zero attached hydrogens (tertiary/aromatic N) is 1. The van der Waals surface area contributed by atoms with E-state index in [1.807, 2.05) is 0 Å². The topological polar surface area (TPSA) is 87.7 Å². The predicted octanol–water partition coefficient (Wildman–Crippen LogP) is 1.56. The van der Waals surface area contributed by atoms with E-state index in [0.29, 0.717) is 0 Å². The van der Waals surface area contributed by atoms with Crippen molar-refractivity contribution in [1.29, 1.82) is 0 Å². The van der Waals surface area contributed by atoms with Gasteiger partial charge in [-0.2, -0.15) is 8.78 Å². The van der Waals surface area contributed by atoms with Crippen molar-refractivity contribution in [2.45, 2.75) is 26.0 Å². The van der Waals surface area contributed by atoms with Crippen molar-refractivity contribution in [2.75, 3.05) is 11.9 Å². The number of ether oxygens (including phenoxy) is 1. The summed E-state index contributed by atoms with van der Waals surface area (Å²) in [7, 11) is 0. The fourth-order valence-electron chi connectivity index (χ4n) is 2.07. The molecule has 9 heteroatoms. The van der Waals surface area contributed by atoms with Crippen LogP contribution in [-0.2, 0) is 9.59 Å². The van der Waals surface area contributed by atoms with Gasteiger partial charge in [0.05, 0.1) is 5.69 Å². The van der Waals surface area contributed by atoms with Gasteiger partial charge in [0.25, 0.3) is 5.91 Å². The minimum atomic E-state index is -3.03. The second kappa shape index (κ2) is 6.19. The highest BCUT2D eigenvalue weighted by Crippen LogP contribution is 2.26. The van der Waals surface area contributed by atoms with Crippen LogP contribution < -0.4 is 15.4 Å². The zero-order chi connectivity index (χ0) is 17.2. The van der Waals surface area contributed by atoms with Crippen molar-refractivity contribution >= 4 is 23.5 Å². The Morgan fingerprint density at radius 3 is 2.57 bits per heavy atom. The number of rotatable bonds is 5. The van der Waals surface area contributed by atoms with Crippen LogP contribution in [0.1, 0.15) is 13.8 Å². The molecule has 7 nitrogen and oxygen atoms in total. The fraction of sp³-hybridized carbons (Fsp3) is 0.357. The normalized spacial score (nSPS) is 16.5. The molecule has 2 rings (SSSR count). The number of anilines is 1. The number of carbonyl (C=O) groups excluding carboxylic acids is 3. The Labute approximate surface area is 130 Å². The van der Waals surface area contributed by atoms with Crippen LogP contribution in [0.2, 0.25) is 0 Å². The molecule has 2 N–H and O–H groups in total. The largest absolute Gasteiger partial charge is 0.433 e. The average molecular weight is 327 g/mol. The third-order valence-electron chi connectivity index (χ3n) is 3.38. The van der Waals surface area contributed by atoms with Crippen LogP contribution in [0.4, 0.5) is 19.3 Å². The molecule has 1 heterocycles. The van der Waals surface area contributed by atoms with Crippen LogP contribution in [0, 0.1) is 0 Å². The summed E-state index contributed by atoms with van der Waals surface area (Å²) in [4.78, 5) is 36.4. The molecule has 23 heavy (non-hydrogen) atoms. The Morgan fingerprint density at radius 2 is 2.00 bits per heavy atom. The van der Waals surface area contributed by atoms with E-state index >= 15 is 0 Å². The molecule has 0 bridgehead atoms. The number of hydrogen-bond donors (Lipinski definition) is 2. The van der Waals surface area contributed by atoms with Crippen LogP contribution in [0.3, 0.4) is 0 Å². The number of para-hydroxylation sites is 2. The summed E-state index contributed by atoms with van der Waals surface area (Å²) in [6.45, 7) is -0.454. The predicted molar refractivity (Wildman–Crippen MR) is 76.0 cm³/mol. The molecule has 1 aromatic carbocycles. The van der Waals surface area contributed by atoms with Gasteiger partial charge in [-0.3, -0.25) is 14.9 Å². The Balaban J connectivity index is 2.09. The monoisotopic (exact) mass is 327 g/mol. The summed E-state index contributed by atoms with van der Waals surface area (Å²) >= 11 is 0. The van der Waals surface area contributed by atoms with Crippen LogP contribution in [0.5, 0.6) is 5.75 Å². The molecule has 1 aliphatic rings. The van der Waals surface area contributed by atoms with Gasteiger partial charge in [0.15, 0.2) is 0 Å². The first-order valence-corrected chi connectivity index (χ1v) is 6.68. The van der Waals surface area contributed by atoms with Gasteiger partial charge in [0.1, 0.15) is 17.8 Å². The molecule has 0 radical (unpaired) electrons. The van der Waals surface area contributed by atoms with Crippen LogP contribution in [-0.4, -0.2) is 41.4 Å². The molecule has 1 aromatic rings. The first kappa shape index (κ1) is 16.7. The first-order chi connectivity index (χ1) is 10.7. The summed E-state index contributed by atoms with van der Waals surface area (Å²) in [5.41, 5.74) is -1.13. The second-order valence-corrected chi connectivity index (χ2v) is 5.33. The van der Waals surface area contributed by atoms with E-state index in [0.717, 1.165) is 4.90 Å². The number of urea groups is 1. The molecule has 0 aliphatic carbocycles. The quantitative estimate of drug-likeness (QED) is 0.803. The SMILES string of the molecule is CC1(C)C(=O)NC(=O)N1CC(=O)Nc1ccccc1OC(F)F. The highest BCUT2D eigenvalue weighted by atomic mass is 19.3. The fourth-order valence-corrected chi connectivity index (χ4v) is 2.07. The first-order valence-electron chi connectivity index (χ1n) is 6.68. The molecule has 1 aliphatic heterocycles. The van der Waals surface area contributed by atoms with Gasteiger partial charge in [0.2, 0.25) is 5.91 Å². The van der Waals surface area contributed by atoms with Crippen molar-refractivity contribution in [3.05, 3.63) is 24.3 Å². The van der Waals surface area contributed by atoms with Gasteiger partial charge in [-0.1, -0.05) is 12.1 Å². The summed E-state index contributed by atoms with van der Waals surface area (Å²) in [5.74, 6) is -1.36. The molecule has 0 unspecified atom stereocenters. The van der Waals surface area contributed by atoms with Crippen molar-refractivity contribution in [1.82, 2.24) is 10.2 Å². The lowest BCUT2D eigenvalue weighted by Crippen LogP contribution is -2.47. The maximum Gasteiger partial charge on any atom is 0.387 e. The molecule has 0 aromatic heterocycles. The Morgan fingerprint density at radius 1 is 1.35 bits per heavy atom. The molecule has 124 valence electrons. The van der Waals surface area contributed by atoms with E-state index in [-0.39, 0.29) is 11.4 Å². The lowest BCUT2D eigenvalue weighted by molar-refractivity contribution is -0.126. The smallest absolute Gasteiger partial charge is 0.387 e. The molecular weight excluding hydrogens is 312 g/mol. The molecule has 0 atom stereocenters. The minimum absolute atomic E-state index is 0.0431. The number of hydrogen-bond acceptors (Lipinski definition) is 4. The van der Waals surface area contributed by atoms with Gasteiger partial charge in [-0.15, -0.1) is 0 Å². The number of benzene rings is 1. The summed E-state index contributed by atoms with van der Waals surface area (Å²) < 4.78 is 29.0.